The van der Waals surface area contributed by atoms with Gasteiger partial charge in [-0.2, -0.15) is 0 Å². The van der Waals surface area contributed by atoms with Gasteiger partial charge in [-0.05, 0) is 68.8 Å². The average Bonchev–Trinajstić information content (AvgIpc) is 3.42. The van der Waals surface area contributed by atoms with Crippen molar-refractivity contribution in [3.63, 3.8) is 0 Å². The molecule has 3 heterocycles. The molecule has 0 spiro atoms. The molecule has 4 rings (SSSR count). The summed E-state index contributed by atoms with van der Waals surface area (Å²) in [5.74, 6) is -1.46. The fourth-order valence-electron chi connectivity index (χ4n) is 3.95. The van der Waals surface area contributed by atoms with E-state index in [2.05, 4.69) is 15.2 Å². The minimum atomic E-state index is -1.22. The number of furan rings is 1. The number of carbonyl (C=O) groups is 2. The van der Waals surface area contributed by atoms with Crippen LogP contribution in [-0.4, -0.2) is 69.2 Å². The van der Waals surface area contributed by atoms with Crippen LogP contribution in [0.2, 0.25) is 0 Å². The Morgan fingerprint density at radius 2 is 1.82 bits per heavy atom. The van der Waals surface area contributed by atoms with Crippen molar-refractivity contribution in [1.29, 1.82) is 0 Å². The third-order valence-corrected chi connectivity index (χ3v) is 5.97. The van der Waals surface area contributed by atoms with Crippen LogP contribution in [0.25, 0.3) is 11.3 Å². The zero-order chi connectivity index (χ0) is 24.4. The van der Waals surface area contributed by atoms with E-state index in [1.165, 1.54) is 12.1 Å². The van der Waals surface area contributed by atoms with Gasteiger partial charge in [0.1, 0.15) is 17.6 Å². The Morgan fingerprint density at radius 1 is 1.12 bits per heavy atom. The van der Waals surface area contributed by atoms with Gasteiger partial charge >= 0.3 is 11.9 Å². The van der Waals surface area contributed by atoms with Gasteiger partial charge < -0.3 is 29.7 Å². The van der Waals surface area contributed by atoms with E-state index in [1.54, 1.807) is 12.3 Å². The van der Waals surface area contributed by atoms with Crippen LogP contribution in [0.3, 0.4) is 0 Å². The number of hydrogen-bond acceptors (Lipinski definition) is 6. The van der Waals surface area contributed by atoms with E-state index in [4.69, 9.17) is 16.6 Å². The summed E-state index contributed by atoms with van der Waals surface area (Å²) in [6.45, 7) is 1.42. The van der Waals surface area contributed by atoms with Crippen LogP contribution < -0.4 is 5.32 Å². The monoisotopic (exact) mass is 480 g/mol. The fourth-order valence-corrected chi connectivity index (χ4v) is 4.28. The minimum absolute atomic E-state index is 0.129. The van der Waals surface area contributed by atoms with E-state index in [1.807, 2.05) is 43.3 Å². The van der Waals surface area contributed by atoms with Crippen LogP contribution in [-0.2, 0) is 0 Å². The number of likely N-dealkylation sites (N-methyl/N-ethyl adjacent to an activating group) is 1. The second-order valence-corrected chi connectivity index (χ2v) is 8.62. The predicted molar refractivity (Wildman–Crippen MR) is 129 cm³/mol. The summed E-state index contributed by atoms with van der Waals surface area (Å²) in [4.78, 5) is 31.6. The second kappa shape index (κ2) is 9.62. The molecular weight excluding hydrogens is 456 g/mol. The molecule has 0 radical (unpaired) electrons. The Morgan fingerprint density at radius 3 is 2.41 bits per heavy atom. The first-order valence-corrected chi connectivity index (χ1v) is 11.0. The molecule has 1 aliphatic rings. The van der Waals surface area contributed by atoms with Crippen LogP contribution in [0.4, 0.5) is 0 Å². The normalized spacial score (nSPS) is 17.7. The number of carboxylic acid groups (broad SMARTS) is 2. The van der Waals surface area contributed by atoms with Crippen LogP contribution in [0.15, 0.2) is 59.1 Å². The minimum Gasteiger partial charge on any atom is -0.478 e. The number of thiocarbonyl (C=S) groups is 1. The highest BCUT2D eigenvalue weighted by atomic mass is 32.1. The van der Waals surface area contributed by atoms with Crippen molar-refractivity contribution in [2.75, 3.05) is 27.2 Å². The zero-order valence-corrected chi connectivity index (χ0v) is 19.5. The third-order valence-electron chi connectivity index (χ3n) is 5.62. The van der Waals surface area contributed by atoms with Crippen LogP contribution in [0.5, 0.6) is 0 Å². The van der Waals surface area contributed by atoms with Gasteiger partial charge in [0.05, 0.1) is 22.9 Å². The molecule has 2 aromatic heterocycles. The summed E-state index contributed by atoms with van der Waals surface area (Å²) in [5, 5.41) is 22.7. The van der Waals surface area contributed by atoms with Gasteiger partial charge in [-0.1, -0.05) is 6.07 Å². The highest BCUT2D eigenvalue weighted by molar-refractivity contribution is 7.80. The molecule has 3 aromatic rings. The van der Waals surface area contributed by atoms with Gasteiger partial charge in [-0.15, -0.1) is 0 Å². The standard InChI is InChI=1S/C24H24N4O5S/c1-27(2)9-10-28-21(20(26-24(28)34)17-5-3-4-8-25-17)19-7-6-18(33-19)14-11-15(22(29)30)13-16(12-14)23(31)32/h3-8,11-13,20-21H,9-10H2,1-2H3,(H,26,34)(H,29,30)(H,31,32)/t20-,21-/m0/s1. The molecule has 1 saturated heterocycles. The maximum Gasteiger partial charge on any atom is 0.335 e. The van der Waals surface area contributed by atoms with E-state index in [-0.39, 0.29) is 23.2 Å². The molecule has 10 heteroatoms. The summed E-state index contributed by atoms with van der Waals surface area (Å²) >= 11 is 5.63. The SMILES string of the molecule is CN(C)CCN1C(=S)N[C@@H](c2ccccn2)[C@@H]1c1ccc(-c2cc(C(=O)O)cc(C(=O)O)c2)o1. The largest absolute Gasteiger partial charge is 0.478 e. The van der Waals surface area contributed by atoms with Crippen molar-refractivity contribution >= 4 is 29.3 Å². The topological polar surface area (TPSA) is 119 Å². The van der Waals surface area contributed by atoms with E-state index >= 15 is 0 Å². The van der Waals surface area contributed by atoms with E-state index in [9.17, 15) is 19.8 Å². The van der Waals surface area contributed by atoms with Crippen molar-refractivity contribution in [2.45, 2.75) is 12.1 Å². The Bertz CT molecular complexity index is 1190. The Kier molecular flexibility index (Phi) is 6.62. The molecule has 0 bridgehead atoms. The molecule has 34 heavy (non-hydrogen) atoms. The van der Waals surface area contributed by atoms with Crippen molar-refractivity contribution in [3.8, 4) is 11.3 Å². The fraction of sp³-hybridized carbons (Fsp3) is 0.250. The van der Waals surface area contributed by atoms with Gasteiger partial charge in [-0.3, -0.25) is 4.98 Å². The number of pyridine rings is 1. The quantitative estimate of drug-likeness (QED) is 0.415. The summed E-state index contributed by atoms with van der Waals surface area (Å²) in [6, 6.07) is 12.6. The maximum atomic E-state index is 11.5. The van der Waals surface area contributed by atoms with Gasteiger partial charge in [0, 0.05) is 24.8 Å². The van der Waals surface area contributed by atoms with Crippen LogP contribution in [0, 0.1) is 0 Å². The van der Waals surface area contributed by atoms with Gasteiger partial charge in [0.2, 0.25) is 0 Å². The third kappa shape index (κ3) is 4.78. The summed E-state index contributed by atoms with van der Waals surface area (Å²) in [7, 11) is 3.97. The average molecular weight is 481 g/mol. The molecule has 3 N–H and O–H groups in total. The highest BCUT2D eigenvalue weighted by Crippen LogP contribution is 2.40. The first-order chi connectivity index (χ1) is 16.2. The molecule has 9 nitrogen and oxygen atoms in total. The highest BCUT2D eigenvalue weighted by Gasteiger charge is 2.41. The Hall–Kier alpha value is -3.76. The molecule has 0 amide bonds. The number of benzene rings is 1. The number of aromatic carboxylic acids is 2. The molecular formula is C24H24N4O5S. The number of rotatable bonds is 8. The molecule has 0 unspecified atom stereocenters. The second-order valence-electron chi connectivity index (χ2n) is 8.23. The lowest BCUT2D eigenvalue weighted by molar-refractivity contribution is 0.0696. The predicted octanol–water partition coefficient (Wildman–Crippen LogP) is 3.27. The summed E-state index contributed by atoms with van der Waals surface area (Å²) in [6.07, 6.45) is 1.72. The summed E-state index contributed by atoms with van der Waals surface area (Å²) < 4.78 is 6.19. The first kappa shape index (κ1) is 23.4. The summed E-state index contributed by atoms with van der Waals surface area (Å²) in [5.41, 5.74) is 0.915. The van der Waals surface area contributed by atoms with E-state index in [0.717, 1.165) is 18.3 Å². The van der Waals surface area contributed by atoms with Gasteiger partial charge in [-0.25, -0.2) is 9.59 Å². The lowest BCUT2D eigenvalue weighted by Crippen LogP contribution is -2.35. The van der Waals surface area contributed by atoms with Crippen molar-refractivity contribution in [2.24, 2.45) is 0 Å². The van der Waals surface area contributed by atoms with Crippen molar-refractivity contribution in [1.82, 2.24) is 20.1 Å². The van der Waals surface area contributed by atoms with Gasteiger partial charge in [0.25, 0.3) is 0 Å². The number of nitrogens with zero attached hydrogens (tertiary/aromatic N) is 3. The zero-order valence-electron chi connectivity index (χ0n) is 18.6. The van der Waals surface area contributed by atoms with Gasteiger partial charge in [0.15, 0.2) is 5.11 Å². The van der Waals surface area contributed by atoms with Crippen LogP contribution >= 0.6 is 12.2 Å². The van der Waals surface area contributed by atoms with E-state index in [0.29, 0.717) is 28.7 Å². The maximum absolute atomic E-state index is 11.5. The molecule has 0 aliphatic carbocycles. The van der Waals surface area contributed by atoms with Crippen LogP contribution in [0.1, 0.15) is 44.3 Å². The number of carboxylic acids is 2. The van der Waals surface area contributed by atoms with Crippen molar-refractivity contribution in [3.05, 3.63) is 77.3 Å². The van der Waals surface area contributed by atoms with Crippen molar-refractivity contribution < 1.29 is 24.2 Å². The molecule has 176 valence electrons. The lowest BCUT2D eigenvalue weighted by Gasteiger charge is -2.27. The molecule has 1 aromatic carbocycles. The molecule has 0 saturated carbocycles. The first-order valence-electron chi connectivity index (χ1n) is 10.6. The Labute approximate surface area is 201 Å². The smallest absolute Gasteiger partial charge is 0.335 e. The number of nitrogens with one attached hydrogen (secondary N) is 1. The molecule has 2 atom stereocenters. The number of aromatic nitrogens is 1. The lowest BCUT2D eigenvalue weighted by atomic mass is 10.0. The van der Waals surface area contributed by atoms with E-state index < -0.39 is 11.9 Å². The molecule has 1 aliphatic heterocycles. The Balaban J connectivity index is 1.75. The molecule has 1 fully saturated rings. The number of hydrogen-bond donors (Lipinski definition) is 3.